The summed E-state index contributed by atoms with van der Waals surface area (Å²) in [7, 11) is 0. The second kappa shape index (κ2) is 5.02. The predicted molar refractivity (Wildman–Crippen MR) is 75.6 cm³/mol. The van der Waals surface area contributed by atoms with Crippen LogP contribution >= 0.6 is 23.2 Å². The van der Waals surface area contributed by atoms with E-state index in [-0.39, 0.29) is 17.8 Å². The standard InChI is InChI=1S/C13H13Cl2N3O/c14-7-12-17-9-4-3-8(15)6-11(9)18(12)10-2-1-5-16-13(10)19/h3-4,6,10H,1-2,5,7H2,(H,16,19). The first-order valence-corrected chi connectivity index (χ1v) is 7.12. The first-order chi connectivity index (χ1) is 9.20. The second-order valence-electron chi connectivity index (χ2n) is 4.61. The molecule has 1 N–H and O–H groups in total. The van der Waals surface area contributed by atoms with Gasteiger partial charge in [0, 0.05) is 11.6 Å². The minimum atomic E-state index is -0.244. The lowest BCUT2D eigenvalue weighted by Gasteiger charge is -2.25. The summed E-state index contributed by atoms with van der Waals surface area (Å²) in [6.07, 6.45) is 1.76. The van der Waals surface area contributed by atoms with Crippen molar-refractivity contribution in [3.8, 4) is 0 Å². The van der Waals surface area contributed by atoms with Gasteiger partial charge in [-0.15, -0.1) is 11.6 Å². The molecule has 4 nitrogen and oxygen atoms in total. The molecule has 2 aromatic rings. The molecule has 1 aromatic heterocycles. The molecule has 1 amide bonds. The van der Waals surface area contributed by atoms with Gasteiger partial charge in [0.15, 0.2) is 0 Å². The third kappa shape index (κ3) is 2.19. The molecule has 100 valence electrons. The van der Waals surface area contributed by atoms with Gasteiger partial charge >= 0.3 is 0 Å². The lowest BCUT2D eigenvalue weighted by atomic mass is 10.1. The zero-order valence-corrected chi connectivity index (χ0v) is 11.7. The summed E-state index contributed by atoms with van der Waals surface area (Å²) in [5.41, 5.74) is 1.68. The number of benzene rings is 1. The van der Waals surface area contributed by atoms with Gasteiger partial charge in [-0.1, -0.05) is 11.6 Å². The highest BCUT2D eigenvalue weighted by atomic mass is 35.5. The fraction of sp³-hybridized carbons (Fsp3) is 0.385. The van der Waals surface area contributed by atoms with Crippen molar-refractivity contribution in [2.75, 3.05) is 6.54 Å². The predicted octanol–water partition coefficient (Wildman–Crippen LogP) is 2.88. The number of piperidine rings is 1. The molecule has 19 heavy (non-hydrogen) atoms. The molecule has 1 fully saturated rings. The molecule has 0 spiro atoms. The first-order valence-electron chi connectivity index (χ1n) is 6.21. The van der Waals surface area contributed by atoms with Gasteiger partial charge in [0.05, 0.1) is 16.9 Å². The van der Waals surface area contributed by atoms with E-state index in [4.69, 9.17) is 23.2 Å². The lowest BCUT2D eigenvalue weighted by molar-refractivity contribution is -0.125. The van der Waals surface area contributed by atoms with Crippen molar-refractivity contribution in [2.24, 2.45) is 0 Å². The summed E-state index contributed by atoms with van der Waals surface area (Å²) >= 11 is 12.0. The SMILES string of the molecule is O=C1NCCCC1n1c(CCl)nc2ccc(Cl)cc21. The molecule has 2 heterocycles. The number of hydrogen-bond acceptors (Lipinski definition) is 2. The zero-order chi connectivity index (χ0) is 13.4. The van der Waals surface area contributed by atoms with Gasteiger partial charge in [-0.25, -0.2) is 4.98 Å². The Balaban J connectivity index is 2.19. The van der Waals surface area contributed by atoms with Crippen molar-refractivity contribution in [3.05, 3.63) is 29.0 Å². The molecule has 3 rings (SSSR count). The zero-order valence-electron chi connectivity index (χ0n) is 10.2. The number of nitrogens with one attached hydrogen (secondary N) is 1. The van der Waals surface area contributed by atoms with E-state index < -0.39 is 0 Å². The summed E-state index contributed by atoms with van der Waals surface area (Å²) in [6.45, 7) is 0.735. The van der Waals surface area contributed by atoms with Gasteiger partial charge < -0.3 is 9.88 Å². The topological polar surface area (TPSA) is 46.9 Å². The fourth-order valence-corrected chi connectivity index (χ4v) is 2.92. The Labute approximate surface area is 120 Å². The second-order valence-corrected chi connectivity index (χ2v) is 5.32. The highest BCUT2D eigenvalue weighted by Gasteiger charge is 2.27. The van der Waals surface area contributed by atoms with Crippen LogP contribution in [0.3, 0.4) is 0 Å². The van der Waals surface area contributed by atoms with E-state index in [2.05, 4.69) is 10.3 Å². The Morgan fingerprint density at radius 1 is 1.47 bits per heavy atom. The van der Waals surface area contributed by atoms with Gasteiger partial charge in [-0.05, 0) is 31.0 Å². The molecular weight excluding hydrogens is 285 g/mol. The molecule has 0 aliphatic carbocycles. The van der Waals surface area contributed by atoms with Crippen LogP contribution in [0.2, 0.25) is 5.02 Å². The minimum absolute atomic E-state index is 0.0249. The highest BCUT2D eigenvalue weighted by Crippen LogP contribution is 2.28. The average molecular weight is 298 g/mol. The van der Waals surface area contributed by atoms with Crippen molar-refractivity contribution >= 4 is 40.1 Å². The van der Waals surface area contributed by atoms with Crippen LogP contribution in [0.1, 0.15) is 24.7 Å². The molecule has 1 aliphatic rings. The normalized spacial score (nSPS) is 19.7. The van der Waals surface area contributed by atoms with Crippen molar-refractivity contribution in [1.82, 2.24) is 14.9 Å². The lowest BCUT2D eigenvalue weighted by Crippen LogP contribution is -2.38. The number of carbonyl (C=O) groups is 1. The van der Waals surface area contributed by atoms with E-state index in [0.717, 1.165) is 30.4 Å². The van der Waals surface area contributed by atoms with Gasteiger partial charge in [0.1, 0.15) is 11.9 Å². The molecule has 1 aliphatic heterocycles. The number of imidazole rings is 1. The summed E-state index contributed by atoms with van der Waals surface area (Å²) in [4.78, 5) is 16.5. The number of halogens is 2. The van der Waals surface area contributed by atoms with Gasteiger partial charge in [0.2, 0.25) is 5.91 Å². The molecule has 1 aromatic carbocycles. The van der Waals surface area contributed by atoms with Gasteiger partial charge in [-0.3, -0.25) is 4.79 Å². The molecular formula is C13H13Cl2N3O. The molecule has 0 saturated carbocycles. The summed E-state index contributed by atoms with van der Waals surface area (Å²) < 4.78 is 1.92. The Bertz CT molecular complexity index is 638. The number of amides is 1. The Morgan fingerprint density at radius 3 is 3.05 bits per heavy atom. The fourth-order valence-electron chi connectivity index (χ4n) is 2.56. The van der Waals surface area contributed by atoms with E-state index in [1.807, 2.05) is 16.7 Å². The van der Waals surface area contributed by atoms with Gasteiger partial charge in [-0.2, -0.15) is 0 Å². The van der Waals surface area contributed by atoms with Crippen LogP contribution in [0.5, 0.6) is 0 Å². The van der Waals surface area contributed by atoms with E-state index in [9.17, 15) is 4.79 Å². The Morgan fingerprint density at radius 2 is 2.32 bits per heavy atom. The first kappa shape index (κ1) is 12.8. The van der Waals surface area contributed by atoms with E-state index >= 15 is 0 Å². The Hall–Kier alpha value is -1.26. The van der Waals surface area contributed by atoms with E-state index in [0.29, 0.717) is 10.8 Å². The van der Waals surface area contributed by atoms with Crippen molar-refractivity contribution in [2.45, 2.75) is 24.8 Å². The summed E-state index contributed by atoms with van der Waals surface area (Å²) in [5, 5.41) is 3.52. The van der Waals surface area contributed by atoms with Crippen molar-refractivity contribution in [3.63, 3.8) is 0 Å². The van der Waals surface area contributed by atoms with Crippen LogP contribution in [-0.2, 0) is 10.7 Å². The number of carbonyl (C=O) groups excluding carboxylic acids is 1. The van der Waals surface area contributed by atoms with E-state index in [1.165, 1.54) is 0 Å². The van der Waals surface area contributed by atoms with Crippen LogP contribution in [-0.4, -0.2) is 22.0 Å². The van der Waals surface area contributed by atoms with E-state index in [1.54, 1.807) is 6.07 Å². The Kier molecular flexibility index (Phi) is 3.37. The monoisotopic (exact) mass is 297 g/mol. The molecule has 0 radical (unpaired) electrons. The summed E-state index contributed by atoms with van der Waals surface area (Å²) in [5.74, 6) is 1.01. The number of aromatic nitrogens is 2. The number of fused-ring (bicyclic) bond motifs is 1. The summed E-state index contributed by atoms with van der Waals surface area (Å²) in [6, 6.07) is 5.23. The van der Waals surface area contributed by atoms with Crippen molar-refractivity contribution < 1.29 is 4.79 Å². The molecule has 1 unspecified atom stereocenters. The molecule has 1 atom stereocenters. The van der Waals surface area contributed by atoms with Gasteiger partial charge in [0.25, 0.3) is 0 Å². The number of alkyl halides is 1. The number of nitrogens with zero attached hydrogens (tertiary/aromatic N) is 2. The molecule has 6 heteroatoms. The maximum Gasteiger partial charge on any atom is 0.243 e. The highest BCUT2D eigenvalue weighted by molar-refractivity contribution is 6.31. The van der Waals surface area contributed by atoms with Crippen LogP contribution in [0.25, 0.3) is 11.0 Å². The largest absolute Gasteiger partial charge is 0.354 e. The minimum Gasteiger partial charge on any atom is -0.354 e. The number of rotatable bonds is 2. The quantitative estimate of drug-likeness (QED) is 0.867. The molecule has 0 bridgehead atoms. The average Bonchev–Trinajstić information content (AvgIpc) is 2.77. The van der Waals surface area contributed by atoms with Crippen LogP contribution < -0.4 is 5.32 Å². The van der Waals surface area contributed by atoms with Crippen LogP contribution in [0.4, 0.5) is 0 Å². The number of hydrogen-bond donors (Lipinski definition) is 1. The third-order valence-electron chi connectivity index (χ3n) is 3.41. The smallest absolute Gasteiger partial charge is 0.243 e. The van der Waals surface area contributed by atoms with Crippen LogP contribution in [0, 0.1) is 0 Å². The third-order valence-corrected chi connectivity index (χ3v) is 3.89. The van der Waals surface area contributed by atoms with Crippen molar-refractivity contribution in [1.29, 1.82) is 0 Å². The van der Waals surface area contributed by atoms with Crippen LogP contribution in [0.15, 0.2) is 18.2 Å². The maximum absolute atomic E-state index is 12.1. The maximum atomic E-state index is 12.1. The molecule has 1 saturated heterocycles.